The van der Waals surface area contributed by atoms with E-state index in [1.165, 1.54) is 11.1 Å². The molecule has 0 saturated heterocycles. The Hall–Kier alpha value is -3.00. The average molecular weight is 312 g/mol. The summed E-state index contributed by atoms with van der Waals surface area (Å²) in [5.41, 5.74) is 5.87. The summed E-state index contributed by atoms with van der Waals surface area (Å²) >= 11 is 0. The van der Waals surface area contributed by atoms with Crippen LogP contribution < -0.4 is 9.47 Å². The predicted octanol–water partition coefficient (Wildman–Crippen LogP) is 5.12. The summed E-state index contributed by atoms with van der Waals surface area (Å²) in [6.07, 6.45) is -0.110. The molecule has 2 heterocycles. The lowest BCUT2D eigenvalue weighted by atomic mass is 9.84. The van der Waals surface area contributed by atoms with Crippen LogP contribution in [0.25, 0.3) is 11.1 Å². The zero-order chi connectivity index (χ0) is 15.9. The molecule has 5 rings (SSSR count). The van der Waals surface area contributed by atoms with Crippen molar-refractivity contribution in [2.45, 2.75) is 6.10 Å². The minimum absolute atomic E-state index is 0.110. The Labute approximate surface area is 141 Å². The summed E-state index contributed by atoms with van der Waals surface area (Å²) in [4.78, 5) is 0. The zero-order valence-electron chi connectivity index (χ0n) is 13.1. The Bertz CT molecular complexity index is 941. The van der Waals surface area contributed by atoms with Gasteiger partial charge in [0, 0.05) is 22.3 Å². The first-order valence-electron chi connectivity index (χ1n) is 8.18. The lowest BCUT2D eigenvalue weighted by molar-refractivity contribution is 0.253. The van der Waals surface area contributed by atoms with E-state index in [0.717, 1.165) is 28.2 Å². The van der Waals surface area contributed by atoms with Crippen molar-refractivity contribution in [1.82, 2.24) is 0 Å². The molecule has 0 saturated carbocycles. The van der Waals surface area contributed by atoms with Crippen LogP contribution in [0.4, 0.5) is 0 Å². The molecule has 1 atom stereocenters. The molecule has 1 unspecified atom stereocenters. The van der Waals surface area contributed by atoms with Gasteiger partial charge in [-0.3, -0.25) is 0 Å². The first-order valence-corrected chi connectivity index (χ1v) is 8.18. The molecule has 0 spiro atoms. The third kappa shape index (κ3) is 1.96. The van der Waals surface area contributed by atoms with Crippen LogP contribution in [0.5, 0.6) is 11.5 Å². The Kier molecular flexibility index (Phi) is 2.95. The van der Waals surface area contributed by atoms with E-state index in [2.05, 4.69) is 48.5 Å². The molecule has 0 radical (unpaired) electrons. The average Bonchev–Trinajstić information content (AvgIpc) is 2.67. The SMILES string of the molecule is c1ccc(C2Oc3ccccc3C3=C2c2ccccc2OC3)cc1. The van der Waals surface area contributed by atoms with E-state index < -0.39 is 0 Å². The molecule has 2 aliphatic rings. The van der Waals surface area contributed by atoms with Crippen molar-refractivity contribution in [1.29, 1.82) is 0 Å². The van der Waals surface area contributed by atoms with Gasteiger partial charge in [0.05, 0.1) is 0 Å². The number of hydrogen-bond donors (Lipinski definition) is 0. The molecule has 24 heavy (non-hydrogen) atoms. The Morgan fingerprint density at radius 1 is 0.667 bits per heavy atom. The largest absolute Gasteiger partial charge is 0.488 e. The Morgan fingerprint density at radius 3 is 2.17 bits per heavy atom. The molecule has 0 aromatic heterocycles. The maximum atomic E-state index is 6.43. The summed E-state index contributed by atoms with van der Waals surface area (Å²) in [7, 11) is 0. The molecule has 2 heteroatoms. The van der Waals surface area contributed by atoms with Gasteiger partial charge in [-0.2, -0.15) is 0 Å². The Balaban J connectivity index is 1.79. The maximum absolute atomic E-state index is 6.43. The van der Waals surface area contributed by atoms with E-state index in [1.54, 1.807) is 0 Å². The zero-order valence-corrected chi connectivity index (χ0v) is 13.1. The second-order valence-corrected chi connectivity index (χ2v) is 6.08. The van der Waals surface area contributed by atoms with Gasteiger partial charge >= 0.3 is 0 Å². The van der Waals surface area contributed by atoms with Crippen molar-refractivity contribution in [2.75, 3.05) is 6.61 Å². The van der Waals surface area contributed by atoms with E-state index in [0.29, 0.717) is 6.61 Å². The monoisotopic (exact) mass is 312 g/mol. The van der Waals surface area contributed by atoms with Gasteiger partial charge in [-0.05, 0) is 17.7 Å². The van der Waals surface area contributed by atoms with Crippen LogP contribution in [0.15, 0.2) is 78.9 Å². The number of rotatable bonds is 1. The summed E-state index contributed by atoms with van der Waals surface area (Å²) < 4.78 is 12.5. The van der Waals surface area contributed by atoms with E-state index in [9.17, 15) is 0 Å². The van der Waals surface area contributed by atoms with Crippen LogP contribution in [0.3, 0.4) is 0 Å². The van der Waals surface area contributed by atoms with Crippen LogP contribution in [0.1, 0.15) is 22.8 Å². The second-order valence-electron chi connectivity index (χ2n) is 6.08. The fraction of sp³-hybridized carbons (Fsp3) is 0.0909. The van der Waals surface area contributed by atoms with E-state index in [4.69, 9.17) is 9.47 Å². The second kappa shape index (κ2) is 5.27. The van der Waals surface area contributed by atoms with Gasteiger partial charge in [0.1, 0.15) is 24.2 Å². The molecule has 2 aliphatic heterocycles. The highest BCUT2D eigenvalue weighted by Crippen LogP contribution is 2.50. The Morgan fingerprint density at radius 2 is 1.33 bits per heavy atom. The van der Waals surface area contributed by atoms with E-state index in [-0.39, 0.29) is 6.10 Å². The lowest BCUT2D eigenvalue weighted by Crippen LogP contribution is -2.22. The molecular formula is C22H16O2. The van der Waals surface area contributed by atoms with Crippen molar-refractivity contribution >= 4 is 11.1 Å². The van der Waals surface area contributed by atoms with E-state index in [1.807, 2.05) is 30.3 Å². The first kappa shape index (κ1) is 13.4. The fourth-order valence-corrected chi connectivity index (χ4v) is 3.59. The van der Waals surface area contributed by atoms with Crippen molar-refractivity contribution < 1.29 is 9.47 Å². The number of fused-ring (bicyclic) bond motifs is 4. The fourth-order valence-electron chi connectivity index (χ4n) is 3.59. The molecule has 0 N–H and O–H groups in total. The number of para-hydroxylation sites is 2. The quantitative estimate of drug-likeness (QED) is 0.620. The normalized spacial score (nSPS) is 17.9. The summed E-state index contributed by atoms with van der Waals surface area (Å²) in [6.45, 7) is 0.579. The summed E-state index contributed by atoms with van der Waals surface area (Å²) in [5, 5.41) is 0. The smallest absolute Gasteiger partial charge is 0.150 e. The summed E-state index contributed by atoms with van der Waals surface area (Å²) in [5.74, 6) is 1.85. The van der Waals surface area contributed by atoms with Crippen molar-refractivity contribution in [3.63, 3.8) is 0 Å². The third-order valence-electron chi connectivity index (χ3n) is 4.70. The molecule has 2 nitrogen and oxygen atoms in total. The van der Waals surface area contributed by atoms with Gasteiger partial charge in [0.15, 0.2) is 0 Å². The minimum atomic E-state index is -0.110. The maximum Gasteiger partial charge on any atom is 0.150 e. The van der Waals surface area contributed by atoms with Crippen LogP contribution in [0, 0.1) is 0 Å². The molecule has 0 bridgehead atoms. The number of benzene rings is 3. The highest BCUT2D eigenvalue weighted by atomic mass is 16.5. The number of ether oxygens (including phenoxy) is 2. The van der Waals surface area contributed by atoms with Crippen molar-refractivity contribution in [2.24, 2.45) is 0 Å². The lowest BCUT2D eigenvalue weighted by Gasteiger charge is -2.35. The number of hydrogen-bond acceptors (Lipinski definition) is 2. The van der Waals surface area contributed by atoms with Gasteiger partial charge in [0.25, 0.3) is 0 Å². The van der Waals surface area contributed by atoms with Gasteiger partial charge in [-0.15, -0.1) is 0 Å². The van der Waals surface area contributed by atoms with Crippen LogP contribution in [-0.2, 0) is 0 Å². The van der Waals surface area contributed by atoms with E-state index >= 15 is 0 Å². The molecule has 0 amide bonds. The van der Waals surface area contributed by atoms with Gasteiger partial charge in [-0.25, -0.2) is 0 Å². The third-order valence-corrected chi connectivity index (χ3v) is 4.70. The first-order chi connectivity index (χ1) is 11.9. The predicted molar refractivity (Wildman–Crippen MR) is 95.0 cm³/mol. The van der Waals surface area contributed by atoms with Gasteiger partial charge in [-0.1, -0.05) is 66.7 Å². The molecule has 0 fully saturated rings. The van der Waals surface area contributed by atoms with Crippen LogP contribution in [-0.4, -0.2) is 6.61 Å². The molecule has 3 aromatic rings. The molecule has 116 valence electrons. The molecule has 3 aromatic carbocycles. The highest BCUT2D eigenvalue weighted by molar-refractivity contribution is 5.99. The van der Waals surface area contributed by atoms with Crippen molar-refractivity contribution in [3.05, 3.63) is 95.6 Å². The highest BCUT2D eigenvalue weighted by Gasteiger charge is 2.34. The van der Waals surface area contributed by atoms with Gasteiger partial charge < -0.3 is 9.47 Å². The molecule has 0 aliphatic carbocycles. The van der Waals surface area contributed by atoms with Crippen LogP contribution >= 0.6 is 0 Å². The molecular weight excluding hydrogens is 296 g/mol. The van der Waals surface area contributed by atoms with Gasteiger partial charge in [0.2, 0.25) is 0 Å². The topological polar surface area (TPSA) is 18.5 Å². The summed E-state index contributed by atoms with van der Waals surface area (Å²) in [6, 6.07) is 26.9. The van der Waals surface area contributed by atoms with Crippen LogP contribution in [0.2, 0.25) is 0 Å². The standard InChI is InChI=1S/C22H16O2/c1-2-8-15(9-3-1)22-21-17-11-5-6-12-19(17)23-14-18(21)16-10-4-7-13-20(16)24-22/h1-13,22H,14H2. The van der Waals surface area contributed by atoms with Crippen molar-refractivity contribution in [3.8, 4) is 11.5 Å². The minimum Gasteiger partial charge on any atom is -0.488 e.